The lowest BCUT2D eigenvalue weighted by molar-refractivity contribution is 0.583. The first-order valence-electron chi connectivity index (χ1n) is 10.2. The van der Waals surface area contributed by atoms with Gasteiger partial charge in [0, 0.05) is 18.1 Å². The van der Waals surface area contributed by atoms with Crippen molar-refractivity contribution in [1.29, 1.82) is 0 Å². The van der Waals surface area contributed by atoms with Crippen LogP contribution in [0.25, 0.3) is 21.5 Å². The summed E-state index contributed by atoms with van der Waals surface area (Å²) in [5.41, 5.74) is 7.28. The minimum atomic E-state index is 0.121. The molecule has 5 rings (SSSR count). The number of hydrogen-bond acceptors (Lipinski definition) is 1. The summed E-state index contributed by atoms with van der Waals surface area (Å²) in [6, 6.07) is 24.8. The van der Waals surface area contributed by atoms with E-state index in [1.165, 1.54) is 49.6 Å². The molecule has 1 aliphatic rings. The van der Waals surface area contributed by atoms with Crippen molar-refractivity contribution >= 4 is 32.9 Å². The molecule has 0 spiro atoms. The highest BCUT2D eigenvalue weighted by Crippen LogP contribution is 2.44. The molecule has 0 bridgehead atoms. The van der Waals surface area contributed by atoms with Gasteiger partial charge in [-0.15, -0.1) is 0 Å². The van der Waals surface area contributed by atoms with Crippen molar-refractivity contribution < 1.29 is 0 Å². The summed E-state index contributed by atoms with van der Waals surface area (Å²) >= 11 is 0. The summed E-state index contributed by atoms with van der Waals surface area (Å²) in [7, 11) is 2.25. The van der Waals surface area contributed by atoms with Gasteiger partial charge in [0.25, 0.3) is 0 Å². The van der Waals surface area contributed by atoms with Crippen LogP contribution in [-0.4, -0.2) is 7.05 Å². The zero-order chi connectivity index (χ0) is 19.5. The van der Waals surface area contributed by atoms with Crippen LogP contribution in [0.4, 0.5) is 11.4 Å². The van der Waals surface area contributed by atoms with E-state index >= 15 is 0 Å². The van der Waals surface area contributed by atoms with E-state index < -0.39 is 0 Å². The Morgan fingerprint density at radius 1 is 0.750 bits per heavy atom. The fourth-order valence-electron chi connectivity index (χ4n) is 4.84. The Kier molecular flexibility index (Phi) is 3.77. The number of benzene rings is 4. The van der Waals surface area contributed by atoms with Crippen LogP contribution in [-0.2, 0) is 18.3 Å². The summed E-state index contributed by atoms with van der Waals surface area (Å²) in [4.78, 5) is 2.45. The molecule has 1 aliphatic heterocycles. The Labute approximate surface area is 167 Å². The molecule has 0 aromatic heterocycles. The molecule has 1 heteroatoms. The minimum Gasteiger partial charge on any atom is -0.344 e. The standard InChI is InChI=1S/C27H27N/c1-27(2,3)24-16-20-11-7-8-12-22(20)26-23(24)14-13-21-15-18-9-5-6-10-19(18)17-25(21)28(26)4/h5-12,15-17H,13-14H2,1-4H3. The lowest BCUT2D eigenvalue weighted by atomic mass is 9.80. The van der Waals surface area contributed by atoms with Crippen LogP contribution < -0.4 is 4.90 Å². The van der Waals surface area contributed by atoms with E-state index in [1.807, 2.05) is 0 Å². The van der Waals surface area contributed by atoms with Crippen molar-refractivity contribution in [1.82, 2.24) is 0 Å². The monoisotopic (exact) mass is 365 g/mol. The molecule has 28 heavy (non-hydrogen) atoms. The Hall–Kier alpha value is -2.80. The van der Waals surface area contributed by atoms with Gasteiger partial charge >= 0.3 is 0 Å². The largest absolute Gasteiger partial charge is 0.344 e. The molecule has 0 amide bonds. The molecular formula is C27H27N. The molecule has 0 atom stereocenters. The average molecular weight is 366 g/mol. The molecule has 0 aliphatic carbocycles. The van der Waals surface area contributed by atoms with Gasteiger partial charge in [-0.2, -0.15) is 0 Å². The normalized spacial score (nSPS) is 14.1. The maximum Gasteiger partial charge on any atom is 0.0523 e. The van der Waals surface area contributed by atoms with Crippen LogP contribution in [0.3, 0.4) is 0 Å². The number of aryl methyl sites for hydroxylation is 1. The van der Waals surface area contributed by atoms with E-state index in [0.717, 1.165) is 12.8 Å². The average Bonchev–Trinajstić information content (AvgIpc) is 2.82. The highest BCUT2D eigenvalue weighted by molar-refractivity contribution is 6.00. The fourth-order valence-corrected chi connectivity index (χ4v) is 4.84. The van der Waals surface area contributed by atoms with E-state index in [0.29, 0.717) is 0 Å². The van der Waals surface area contributed by atoms with Gasteiger partial charge in [-0.1, -0.05) is 75.4 Å². The second-order valence-corrected chi connectivity index (χ2v) is 9.11. The summed E-state index contributed by atoms with van der Waals surface area (Å²) in [6.45, 7) is 7.01. The highest BCUT2D eigenvalue weighted by atomic mass is 15.1. The van der Waals surface area contributed by atoms with Gasteiger partial charge in [0.2, 0.25) is 0 Å². The fraction of sp³-hybridized carbons (Fsp3) is 0.259. The lowest BCUT2D eigenvalue weighted by Crippen LogP contribution is -2.18. The number of nitrogens with zero attached hydrogens (tertiary/aromatic N) is 1. The predicted molar refractivity (Wildman–Crippen MR) is 122 cm³/mol. The van der Waals surface area contributed by atoms with E-state index in [9.17, 15) is 0 Å². The minimum absolute atomic E-state index is 0.121. The molecule has 4 aromatic carbocycles. The molecule has 0 radical (unpaired) electrons. The number of fused-ring (bicyclic) bond motifs is 5. The van der Waals surface area contributed by atoms with Crippen molar-refractivity contribution in [2.24, 2.45) is 0 Å². The van der Waals surface area contributed by atoms with Gasteiger partial charge in [-0.05, 0) is 63.2 Å². The van der Waals surface area contributed by atoms with Crippen LogP contribution in [0, 0.1) is 0 Å². The summed E-state index contributed by atoms with van der Waals surface area (Å²) in [5, 5.41) is 5.34. The second-order valence-electron chi connectivity index (χ2n) is 9.11. The molecule has 1 heterocycles. The van der Waals surface area contributed by atoms with Crippen molar-refractivity contribution in [3.05, 3.63) is 83.4 Å². The Balaban J connectivity index is 1.84. The maximum absolute atomic E-state index is 2.45. The Morgan fingerprint density at radius 2 is 1.39 bits per heavy atom. The van der Waals surface area contributed by atoms with Crippen molar-refractivity contribution in [3.63, 3.8) is 0 Å². The molecular weight excluding hydrogens is 338 g/mol. The molecule has 0 N–H and O–H groups in total. The van der Waals surface area contributed by atoms with E-state index in [2.05, 4.69) is 99.4 Å². The van der Waals surface area contributed by atoms with Gasteiger partial charge in [-0.25, -0.2) is 0 Å². The first-order chi connectivity index (χ1) is 13.4. The predicted octanol–water partition coefficient (Wildman–Crippen LogP) is 7.16. The molecule has 4 aromatic rings. The molecule has 0 saturated carbocycles. The number of anilines is 2. The second kappa shape index (κ2) is 6.10. The van der Waals surface area contributed by atoms with Crippen molar-refractivity contribution in [2.45, 2.75) is 39.0 Å². The summed E-state index contributed by atoms with van der Waals surface area (Å²) in [6.07, 6.45) is 2.17. The van der Waals surface area contributed by atoms with E-state index in [1.54, 1.807) is 0 Å². The first kappa shape index (κ1) is 17.3. The van der Waals surface area contributed by atoms with E-state index in [4.69, 9.17) is 0 Å². The molecule has 1 nitrogen and oxygen atoms in total. The lowest BCUT2D eigenvalue weighted by Gasteiger charge is -2.29. The van der Waals surface area contributed by atoms with Crippen LogP contribution in [0.2, 0.25) is 0 Å². The topological polar surface area (TPSA) is 3.24 Å². The summed E-state index contributed by atoms with van der Waals surface area (Å²) in [5.74, 6) is 0. The Morgan fingerprint density at radius 3 is 2.11 bits per heavy atom. The van der Waals surface area contributed by atoms with Crippen LogP contribution >= 0.6 is 0 Å². The van der Waals surface area contributed by atoms with Crippen molar-refractivity contribution in [2.75, 3.05) is 11.9 Å². The summed E-state index contributed by atoms with van der Waals surface area (Å²) < 4.78 is 0. The highest BCUT2D eigenvalue weighted by Gasteiger charge is 2.27. The zero-order valence-electron chi connectivity index (χ0n) is 17.2. The smallest absolute Gasteiger partial charge is 0.0523 e. The maximum atomic E-state index is 2.45. The van der Waals surface area contributed by atoms with Gasteiger partial charge in [0.15, 0.2) is 0 Å². The van der Waals surface area contributed by atoms with Crippen LogP contribution in [0.5, 0.6) is 0 Å². The number of hydrogen-bond donors (Lipinski definition) is 0. The van der Waals surface area contributed by atoms with Gasteiger partial charge in [0.1, 0.15) is 0 Å². The number of rotatable bonds is 0. The third-order valence-electron chi connectivity index (χ3n) is 6.22. The SMILES string of the molecule is CN1c2cc3ccccc3cc2CCc2c(C(C)(C)C)cc3ccccc3c21. The molecule has 0 unspecified atom stereocenters. The van der Waals surface area contributed by atoms with Crippen molar-refractivity contribution in [3.8, 4) is 0 Å². The van der Waals surface area contributed by atoms with Gasteiger partial charge < -0.3 is 4.90 Å². The van der Waals surface area contributed by atoms with Gasteiger partial charge in [0.05, 0.1) is 5.69 Å². The molecule has 0 saturated heterocycles. The quantitative estimate of drug-likeness (QED) is 0.319. The third kappa shape index (κ3) is 2.61. The van der Waals surface area contributed by atoms with Gasteiger partial charge in [-0.3, -0.25) is 0 Å². The molecule has 0 fully saturated rings. The van der Waals surface area contributed by atoms with Crippen LogP contribution in [0.15, 0.2) is 66.7 Å². The molecule has 140 valence electrons. The van der Waals surface area contributed by atoms with E-state index in [-0.39, 0.29) is 5.41 Å². The third-order valence-corrected chi connectivity index (χ3v) is 6.22. The first-order valence-corrected chi connectivity index (χ1v) is 10.2. The van der Waals surface area contributed by atoms with Crippen LogP contribution in [0.1, 0.15) is 37.5 Å². The Bertz CT molecular complexity index is 1210. The zero-order valence-corrected chi connectivity index (χ0v) is 17.2.